The van der Waals surface area contributed by atoms with E-state index in [0.717, 1.165) is 13.1 Å². The molecule has 0 amide bonds. The van der Waals surface area contributed by atoms with Crippen LogP contribution < -0.4 is 5.32 Å². The van der Waals surface area contributed by atoms with Gasteiger partial charge >= 0.3 is 0 Å². The largest absolute Gasteiger partial charge is 0.380 e. The van der Waals surface area contributed by atoms with Crippen molar-refractivity contribution >= 4 is 0 Å². The third kappa shape index (κ3) is 4.40. The zero-order valence-corrected chi connectivity index (χ0v) is 11.3. The molecule has 0 aromatic carbocycles. The second-order valence-corrected chi connectivity index (χ2v) is 5.08. The molecule has 1 saturated heterocycles. The lowest BCUT2D eigenvalue weighted by molar-refractivity contribution is 0.100. The lowest BCUT2D eigenvalue weighted by Gasteiger charge is -2.27. The van der Waals surface area contributed by atoms with Crippen LogP contribution >= 0.6 is 0 Å². The van der Waals surface area contributed by atoms with Crippen molar-refractivity contribution in [2.75, 3.05) is 26.7 Å². The Bertz CT molecular complexity index is 187. The van der Waals surface area contributed by atoms with E-state index in [1.807, 2.05) is 7.11 Å². The summed E-state index contributed by atoms with van der Waals surface area (Å²) in [5, 5.41) is 3.55. The quantitative estimate of drug-likeness (QED) is 0.720. The van der Waals surface area contributed by atoms with E-state index >= 15 is 0 Å². The summed E-state index contributed by atoms with van der Waals surface area (Å²) in [7, 11) is 1.82. The van der Waals surface area contributed by atoms with Gasteiger partial charge in [-0.25, -0.2) is 0 Å². The highest BCUT2D eigenvalue weighted by atomic mass is 16.5. The van der Waals surface area contributed by atoms with Crippen LogP contribution in [0.1, 0.15) is 40.0 Å². The summed E-state index contributed by atoms with van der Waals surface area (Å²) in [4.78, 5) is 2.55. The number of nitrogens with zero attached hydrogens (tertiary/aromatic N) is 1. The van der Waals surface area contributed by atoms with Gasteiger partial charge in [0.15, 0.2) is 0 Å². The molecule has 0 saturated carbocycles. The van der Waals surface area contributed by atoms with Gasteiger partial charge in [-0.15, -0.1) is 0 Å². The van der Waals surface area contributed by atoms with E-state index in [9.17, 15) is 0 Å². The molecule has 1 fully saturated rings. The van der Waals surface area contributed by atoms with Gasteiger partial charge in [0, 0.05) is 32.3 Å². The van der Waals surface area contributed by atoms with Crippen LogP contribution in [0.5, 0.6) is 0 Å². The van der Waals surface area contributed by atoms with Gasteiger partial charge in [-0.05, 0) is 39.7 Å². The minimum absolute atomic E-state index is 0.460. The molecule has 96 valence electrons. The van der Waals surface area contributed by atoms with Crippen molar-refractivity contribution in [1.29, 1.82) is 0 Å². The first kappa shape index (κ1) is 13.9. The fourth-order valence-electron chi connectivity index (χ4n) is 2.48. The third-order valence-electron chi connectivity index (χ3n) is 3.57. The molecule has 3 nitrogen and oxygen atoms in total. The van der Waals surface area contributed by atoms with Gasteiger partial charge in [0.25, 0.3) is 0 Å². The molecule has 3 unspecified atom stereocenters. The molecule has 1 N–H and O–H groups in total. The number of methoxy groups -OCH3 is 1. The predicted molar refractivity (Wildman–Crippen MR) is 68.8 cm³/mol. The molecule has 1 aliphatic heterocycles. The van der Waals surface area contributed by atoms with Gasteiger partial charge in [-0.2, -0.15) is 0 Å². The first-order chi connectivity index (χ1) is 7.67. The van der Waals surface area contributed by atoms with E-state index in [0.29, 0.717) is 18.2 Å². The molecule has 1 aliphatic rings. The second kappa shape index (κ2) is 7.25. The number of ether oxygens (including phenoxy) is 1. The summed E-state index contributed by atoms with van der Waals surface area (Å²) >= 11 is 0. The number of rotatable bonds is 7. The van der Waals surface area contributed by atoms with Crippen LogP contribution in [-0.2, 0) is 4.74 Å². The monoisotopic (exact) mass is 228 g/mol. The Hall–Kier alpha value is -0.120. The summed E-state index contributed by atoms with van der Waals surface area (Å²) in [5.74, 6) is 0. The summed E-state index contributed by atoms with van der Waals surface area (Å²) in [6.07, 6.45) is 4.10. The average molecular weight is 228 g/mol. The Kier molecular flexibility index (Phi) is 6.32. The van der Waals surface area contributed by atoms with Gasteiger partial charge in [0.1, 0.15) is 0 Å². The maximum absolute atomic E-state index is 5.40. The highest BCUT2D eigenvalue weighted by Gasteiger charge is 2.26. The number of hydrogen-bond donors (Lipinski definition) is 1. The molecule has 0 aliphatic carbocycles. The van der Waals surface area contributed by atoms with E-state index in [-0.39, 0.29) is 0 Å². The van der Waals surface area contributed by atoms with Gasteiger partial charge in [-0.3, -0.25) is 4.90 Å². The fourth-order valence-corrected chi connectivity index (χ4v) is 2.48. The Balaban J connectivity index is 2.21. The minimum Gasteiger partial charge on any atom is -0.380 e. The summed E-state index contributed by atoms with van der Waals surface area (Å²) in [5.41, 5.74) is 0. The molecule has 3 heteroatoms. The Morgan fingerprint density at radius 1 is 1.44 bits per heavy atom. The van der Waals surface area contributed by atoms with Gasteiger partial charge in [0.05, 0.1) is 6.10 Å². The summed E-state index contributed by atoms with van der Waals surface area (Å²) in [6, 6.07) is 1.29. The Labute approximate surface area is 101 Å². The molecule has 0 aromatic heterocycles. The van der Waals surface area contributed by atoms with Crippen molar-refractivity contribution in [3.8, 4) is 0 Å². The molecule has 1 rings (SSSR count). The topological polar surface area (TPSA) is 24.5 Å². The highest BCUT2D eigenvalue weighted by Crippen LogP contribution is 2.17. The molecule has 0 aromatic rings. The van der Waals surface area contributed by atoms with Gasteiger partial charge in [-0.1, -0.05) is 6.92 Å². The van der Waals surface area contributed by atoms with Crippen LogP contribution in [0.2, 0.25) is 0 Å². The Morgan fingerprint density at radius 3 is 2.75 bits per heavy atom. The number of hydrogen-bond acceptors (Lipinski definition) is 3. The maximum atomic E-state index is 5.40. The number of likely N-dealkylation sites (tertiary alicyclic amines) is 1. The molecular weight excluding hydrogens is 200 g/mol. The average Bonchev–Trinajstić information content (AvgIpc) is 2.74. The minimum atomic E-state index is 0.460. The highest BCUT2D eigenvalue weighted by molar-refractivity contribution is 4.81. The lowest BCUT2D eigenvalue weighted by atomic mass is 10.1. The van der Waals surface area contributed by atoms with Gasteiger partial charge < -0.3 is 10.1 Å². The molecule has 0 spiro atoms. The number of nitrogens with one attached hydrogen (secondary N) is 1. The SMILES string of the molecule is CCCNC(C)CC(C)N1CCC(OC)C1. The smallest absolute Gasteiger partial charge is 0.0710 e. The Morgan fingerprint density at radius 2 is 2.19 bits per heavy atom. The van der Waals surface area contributed by atoms with E-state index < -0.39 is 0 Å². The van der Waals surface area contributed by atoms with Gasteiger partial charge in [0.2, 0.25) is 0 Å². The standard InChI is InChI=1S/C13H28N2O/c1-5-7-14-11(2)9-12(3)15-8-6-13(10-15)16-4/h11-14H,5-10H2,1-4H3. The maximum Gasteiger partial charge on any atom is 0.0710 e. The first-order valence-electron chi connectivity index (χ1n) is 6.67. The lowest BCUT2D eigenvalue weighted by Crippen LogP contribution is -2.38. The van der Waals surface area contributed by atoms with Crippen molar-refractivity contribution in [3.63, 3.8) is 0 Å². The molecule has 0 radical (unpaired) electrons. The van der Waals surface area contributed by atoms with E-state index in [2.05, 4.69) is 31.0 Å². The van der Waals surface area contributed by atoms with Crippen molar-refractivity contribution < 1.29 is 4.74 Å². The van der Waals surface area contributed by atoms with Crippen LogP contribution in [0.15, 0.2) is 0 Å². The summed E-state index contributed by atoms with van der Waals surface area (Å²) < 4.78 is 5.40. The van der Waals surface area contributed by atoms with Crippen molar-refractivity contribution in [1.82, 2.24) is 10.2 Å². The van der Waals surface area contributed by atoms with Crippen molar-refractivity contribution in [3.05, 3.63) is 0 Å². The van der Waals surface area contributed by atoms with E-state index in [1.54, 1.807) is 0 Å². The molecule has 16 heavy (non-hydrogen) atoms. The molecule has 1 heterocycles. The first-order valence-corrected chi connectivity index (χ1v) is 6.67. The van der Waals surface area contributed by atoms with Crippen LogP contribution in [0.4, 0.5) is 0 Å². The molecule has 3 atom stereocenters. The van der Waals surface area contributed by atoms with Crippen molar-refractivity contribution in [2.24, 2.45) is 0 Å². The van der Waals surface area contributed by atoms with Crippen LogP contribution in [0.3, 0.4) is 0 Å². The van der Waals surface area contributed by atoms with E-state index in [4.69, 9.17) is 4.74 Å². The van der Waals surface area contributed by atoms with Crippen molar-refractivity contribution in [2.45, 2.75) is 58.2 Å². The third-order valence-corrected chi connectivity index (χ3v) is 3.57. The zero-order chi connectivity index (χ0) is 12.0. The molecular formula is C13H28N2O. The summed E-state index contributed by atoms with van der Waals surface area (Å²) in [6.45, 7) is 10.3. The second-order valence-electron chi connectivity index (χ2n) is 5.08. The zero-order valence-electron chi connectivity index (χ0n) is 11.3. The van der Waals surface area contributed by atoms with Crippen LogP contribution in [-0.4, -0.2) is 49.8 Å². The van der Waals surface area contributed by atoms with Crippen LogP contribution in [0.25, 0.3) is 0 Å². The van der Waals surface area contributed by atoms with Crippen LogP contribution in [0, 0.1) is 0 Å². The molecule has 0 bridgehead atoms. The fraction of sp³-hybridized carbons (Fsp3) is 1.00. The predicted octanol–water partition coefficient (Wildman–Crippen LogP) is 1.87. The normalized spacial score (nSPS) is 25.9. The van der Waals surface area contributed by atoms with E-state index in [1.165, 1.54) is 25.8 Å².